The van der Waals surface area contributed by atoms with E-state index >= 15 is 0 Å². The van der Waals surface area contributed by atoms with Gasteiger partial charge in [-0.3, -0.25) is 0 Å². The summed E-state index contributed by atoms with van der Waals surface area (Å²) in [4.78, 5) is 9.03. The minimum atomic E-state index is 0.493. The third kappa shape index (κ3) is 4.88. The van der Waals surface area contributed by atoms with Gasteiger partial charge in [-0.15, -0.1) is 0 Å². The zero-order valence-electron chi connectivity index (χ0n) is 16.0. The number of rotatable bonds is 7. The Bertz CT molecular complexity index is 911. The highest BCUT2D eigenvalue weighted by Gasteiger charge is 2.09. The van der Waals surface area contributed by atoms with Crippen molar-refractivity contribution in [2.75, 3.05) is 24.9 Å². The van der Waals surface area contributed by atoms with E-state index in [-0.39, 0.29) is 0 Å². The molecule has 3 rings (SSSR count). The lowest BCUT2D eigenvalue weighted by Crippen LogP contribution is -2.06. The second-order valence-electron chi connectivity index (χ2n) is 6.25. The van der Waals surface area contributed by atoms with Gasteiger partial charge in [-0.1, -0.05) is 29.8 Å². The Morgan fingerprint density at radius 1 is 0.889 bits per heavy atom. The van der Waals surface area contributed by atoms with Crippen molar-refractivity contribution in [3.05, 3.63) is 65.4 Å². The zero-order valence-corrected chi connectivity index (χ0v) is 16.0. The zero-order chi connectivity index (χ0) is 19.2. The molecule has 27 heavy (non-hydrogen) atoms. The van der Waals surface area contributed by atoms with Crippen LogP contribution < -0.4 is 20.1 Å². The molecule has 0 unspecified atom stereocenters. The minimum absolute atomic E-state index is 0.493. The predicted octanol–water partition coefficient (Wildman–Crippen LogP) is 4.47. The molecule has 0 amide bonds. The van der Waals surface area contributed by atoms with Gasteiger partial charge in [0.1, 0.15) is 17.3 Å². The van der Waals surface area contributed by atoms with Crippen LogP contribution in [0.3, 0.4) is 0 Å². The molecule has 0 atom stereocenters. The van der Waals surface area contributed by atoms with Crippen molar-refractivity contribution in [3.63, 3.8) is 0 Å². The molecule has 0 radical (unpaired) electrons. The van der Waals surface area contributed by atoms with Crippen LogP contribution in [0.4, 0.5) is 17.5 Å². The summed E-state index contributed by atoms with van der Waals surface area (Å²) in [7, 11) is 3.25. The van der Waals surface area contributed by atoms with Gasteiger partial charge in [0, 0.05) is 24.4 Å². The van der Waals surface area contributed by atoms with Crippen LogP contribution >= 0.6 is 0 Å². The molecule has 0 aliphatic heterocycles. The predicted molar refractivity (Wildman–Crippen MR) is 108 cm³/mol. The molecule has 1 heterocycles. The Balaban J connectivity index is 1.78. The number of nitrogens with one attached hydrogen (secondary N) is 2. The smallest absolute Gasteiger partial charge is 0.229 e. The van der Waals surface area contributed by atoms with Crippen LogP contribution in [0.15, 0.2) is 48.5 Å². The first-order valence-electron chi connectivity index (χ1n) is 8.71. The lowest BCUT2D eigenvalue weighted by molar-refractivity contribution is 0.405. The van der Waals surface area contributed by atoms with Crippen molar-refractivity contribution in [2.45, 2.75) is 20.4 Å². The van der Waals surface area contributed by atoms with E-state index in [1.54, 1.807) is 14.2 Å². The Labute approximate surface area is 159 Å². The van der Waals surface area contributed by atoms with Crippen LogP contribution in [-0.2, 0) is 6.54 Å². The van der Waals surface area contributed by atoms with E-state index in [4.69, 9.17) is 9.47 Å². The molecule has 6 heteroatoms. The lowest BCUT2D eigenvalue weighted by atomic mass is 10.1. The fourth-order valence-corrected chi connectivity index (χ4v) is 2.65. The van der Waals surface area contributed by atoms with Crippen LogP contribution in [0.2, 0.25) is 0 Å². The number of nitrogens with zero attached hydrogens (tertiary/aromatic N) is 2. The maximum Gasteiger partial charge on any atom is 0.229 e. The molecule has 0 aliphatic carbocycles. The number of ether oxygens (including phenoxy) is 2. The summed E-state index contributed by atoms with van der Waals surface area (Å²) >= 11 is 0. The van der Waals surface area contributed by atoms with E-state index in [0.717, 1.165) is 22.9 Å². The third-order valence-corrected chi connectivity index (χ3v) is 4.10. The van der Waals surface area contributed by atoms with E-state index < -0.39 is 0 Å². The maximum atomic E-state index is 5.40. The van der Waals surface area contributed by atoms with Crippen LogP contribution in [-0.4, -0.2) is 24.2 Å². The summed E-state index contributed by atoms with van der Waals surface area (Å²) < 4.78 is 10.7. The number of hydrogen-bond acceptors (Lipinski definition) is 6. The molecule has 140 valence electrons. The average Bonchev–Trinajstić information content (AvgIpc) is 2.67. The molecule has 0 saturated heterocycles. The fourth-order valence-electron chi connectivity index (χ4n) is 2.65. The monoisotopic (exact) mass is 364 g/mol. The normalized spacial score (nSPS) is 10.4. The second-order valence-corrected chi connectivity index (χ2v) is 6.25. The standard InChI is InChI=1S/C21H24N4O2/c1-14-5-7-16(8-6-14)13-22-20-11-15(2)23-21(25-20)24-18-12-17(26-3)9-10-19(18)27-4/h5-12H,13H2,1-4H3,(H2,22,23,24,25). The second kappa shape index (κ2) is 8.40. The van der Waals surface area contributed by atoms with E-state index in [9.17, 15) is 0 Å². The van der Waals surface area contributed by atoms with E-state index in [2.05, 4.69) is 51.8 Å². The SMILES string of the molecule is COc1ccc(OC)c(Nc2nc(C)cc(NCc3ccc(C)cc3)n2)c1. The number of benzene rings is 2. The van der Waals surface area contributed by atoms with E-state index in [0.29, 0.717) is 18.2 Å². The van der Waals surface area contributed by atoms with Crippen LogP contribution in [0, 0.1) is 13.8 Å². The molecule has 0 fully saturated rings. The quantitative estimate of drug-likeness (QED) is 0.645. The van der Waals surface area contributed by atoms with Gasteiger partial charge in [0.15, 0.2) is 0 Å². The van der Waals surface area contributed by atoms with Gasteiger partial charge < -0.3 is 20.1 Å². The van der Waals surface area contributed by atoms with Crippen molar-refractivity contribution >= 4 is 17.5 Å². The van der Waals surface area contributed by atoms with Crippen molar-refractivity contribution in [3.8, 4) is 11.5 Å². The topological polar surface area (TPSA) is 68.3 Å². The number of methoxy groups -OCH3 is 2. The van der Waals surface area contributed by atoms with Gasteiger partial charge in [-0.05, 0) is 31.5 Å². The van der Waals surface area contributed by atoms with E-state index in [1.165, 1.54) is 11.1 Å². The first kappa shape index (κ1) is 18.5. The first-order chi connectivity index (χ1) is 13.1. The number of aromatic nitrogens is 2. The molecule has 2 N–H and O–H groups in total. The Kier molecular flexibility index (Phi) is 5.76. The number of aryl methyl sites for hydroxylation is 2. The highest BCUT2D eigenvalue weighted by atomic mass is 16.5. The van der Waals surface area contributed by atoms with Crippen LogP contribution in [0.1, 0.15) is 16.8 Å². The molecular formula is C21H24N4O2. The molecule has 0 spiro atoms. The lowest BCUT2D eigenvalue weighted by Gasteiger charge is -2.13. The summed E-state index contributed by atoms with van der Waals surface area (Å²) in [6.07, 6.45) is 0. The van der Waals surface area contributed by atoms with Gasteiger partial charge >= 0.3 is 0 Å². The largest absolute Gasteiger partial charge is 0.497 e. The molecule has 0 bridgehead atoms. The molecule has 2 aromatic carbocycles. The first-order valence-corrected chi connectivity index (χ1v) is 8.71. The van der Waals surface area contributed by atoms with Crippen molar-refractivity contribution < 1.29 is 9.47 Å². The van der Waals surface area contributed by atoms with Gasteiger partial charge in [0.05, 0.1) is 19.9 Å². The van der Waals surface area contributed by atoms with Crippen molar-refractivity contribution in [1.82, 2.24) is 9.97 Å². The van der Waals surface area contributed by atoms with Crippen LogP contribution in [0.5, 0.6) is 11.5 Å². The summed E-state index contributed by atoms with van der Waals surface area (Å²) in [5.41, 5.74) is 4.05. The highest BCUT2D eigenvalue weighted by Crippen LogP contribution is 2.30. The molecule has 1 aromatic heterocycles. The fraction of sp³-hybridized carbons (Fsp3) is 0.238. The molecule has 0 aliphatic rings. The number of hydrogen-bond donors (Lipinski definition) is 2. The minimum Gasteiger partial charge on any atom is -0.497 e. The van der Waals surface area contributed by atoms with Crippen LogP contribution in [0.25, 0.3) is 0 Å². The van der Waals surface area contributed by atoms with Gasteiger partial charge in [-0.2, -0.15) is 4.98 Å². The van der Waals surface area contributed by atoms with Gasteiger partial charge in [0.2, 0.25) is 5.95 Å². The summed E-state index contributed by atoms with van der Waals surface area (Å²) in [6, 6.07) is 15.9. The summed E-state index contributed by atoms with van der Waals surface area (Å²) in [5.74, 6) is 2.67. The van der Waals surface area contributed by atoms with Crippen molar-refractivity contribution in [2.24, 2.45) is 0 Å². The van der Waals surface area contributed by atoms with Crippen molar-refractivity contribution in [1.29, 1.82) is 0 Å². The van der Waals surface area contributed by atoms with Gasteiger partial charge in [0.25, 0.3) is 0 Å². The average molecular weight is 364 g/mol. The maximum absolute atomic E-state index is 5.40. The molecule has 3 aromatic rings. The third-order valence-electron chi connectivity index (χ3n) is 4.10. The van der Waals surface area contributed by atoms with Gasteiger partial charge in [-0.25, -0.2) is 4.98 Å². The Morgan fingerprint density at radius 3 is 2.37 bits per heavy atom. The molecular weight excluding hydrogens is 340 g/mol. The summed E-state index contributed by atoms with van der Waals surface area (Å²) in [5, 5.41) is 6.57. The highest BCUT2D eigenvalue weighted by molar-refractivity contribution is 5.65. The van der Waals surface area contributed by atoms with E-state index in [1.807, 2.05) is 31.2 Å². The number of anilines is 3. The Hall–Kier alpha value is -3.28. The molecule has 6 nitrogen and oxygen atoms in total. The summed E-state index contributed by atoms with van der Waals surface area (Å²) in [6.45, 7) is 4.71. The Morgan fingerprint density at radius 2 is 1.67 bits per heavy atom. The molecule has 0 saturated carbocycles.